The first-order valence-electron chi connectivity index (χ1n) is 8.92. The highest BCUT2D eigenvalue weighted by Gasteiger charge is 2.27. The Balaban J connectivity index is 1.73. The maximum atomic E-state index is 13.0. The fraction of sp³-hybridized carbons (Fsp3) is 0.0909. The van der Waals surface area contributed by atoms with Crippen molar-refractivity contribution >= 4 is 23.0 Å². The molecule has 6 heteroatoms. The number of benzene rings is 2. The molecule has 2 aromatic carbocycles. The molecule has 0 aliphatic carbocycles. The van der Waals surface area contributed by atoms with Crippen LogP contribution in [-0.2, 0) is 0 Å². The van der Waals surface area contributed by atoms with Crippen molar-refractivity contribution in [3.05, 3.63) is 95.4 Å². The molecule has 0 aliphatic rings. The van der Waals surface area contributed by atoms with Gasteiger partial charge in [0.25, 0.3) is 0 Å². The van der Waals surface area contributed by atoms with Crippen molar-refractivity contribution in [3.8, 4) is 11.3 Å². The third-order valence-electron chi connectivity index (χ3n) is 4.62. The molecule has 5 nitrogen and oxygen atoms in total. The molecule has 4 aromatic rings. The maximum Gasteiger partial charge on any atom is 0.351 e. The number of halogens is 1. The summed E-state index contributed by atoms with van der Waals surface area (Å²) in [6, 6.07) is 22.1. The Hall–Kier alpha value is -3.15. The lowest BCUT2D eigenvalue weighted by atomic mass is 10.1. The van der Waals surface area contributed by atoms with E-state index in [2.05, 4.69) is 10.3 Å². The molecule has 2 heterocycles. The number of aromatic nitrogens is 2. The second-order valence-corrected chi connectivity index (χ2v) is 6.87. The molecule has 4 rings (SSSR count). The minimum absolute atomic E-state index is 0.194. The zero-order valence-corrected chi connectivity index (χ0v) is 15.7. The van der Waals surface area contributed by atoms with Gasteiger partial charge < -0.3 is 10.4 Å². The van der Waals surface area contributed by atoms with Gasteiger partial charge in [-0.2, -0.15) is 4.40 Å². The standard InChI is InChI=1S/C22H18ClN3O2/c23-17-10-6-9-16(13-17)20-19-11-4-5-12-26(19)21(25-20)22(28)24-18(14-27)15-7-2-1-3-8-15/h1-13,18,27H,14H2,(H,24,28)/p+1/t18-/m1/s1. The Morgan fingerprint density at radius 1 is 1.07 bits per heavy atom. The van der Waals surface area contributed by atoms with Crippen LogP contribution in [0.1, 0.15) is 22.2 Å². The molecule has 0 radical (unpaired) electrons. The summed E-state index contributed by atoms with van der Waals surface area (Å²) >= 11 is 6.14. The minimum atomic E-state index is -0.494. The predicted octanol–water partition coefficient (Wildman–Crippen LogP) is 3.54. The van der Waals surface area contributed by atoms with Crippen LogP contribution in [0.15, 0.2) is 79.0 Å². The number of hydrogen-bond acceptors (Lipinski definition) is 2. The van der Waals surface area contributed by atoms with Crippen LogP contribution in [0.3, 0.4) is 0 Å². The van der Waals surface area contributed by atoms with Crippen molar-refractivity contribution < 1.29 is 14.3 Å². The molecule has 0 fully saturated rings. The van der Waals surface area contributed by atoms with Gasteiger partial charge in [0.2, 0.25) is 0 Å². The van der Waals surface area contributed by atoms with E-state index in [-0.39, 0.29) is 12.5 Å². The third-order valence-corrected chi connectivity index (χ3v) is 4.85. The number of nitrogens with zero attached hydrogens (tertiary/aromatic N) is 1. The number of aliphatic hydroxyl groups excluding tert-OH is 1. The van der Waals surface area contributed by atoms with Crippen molar-refractivity contribution in [2.24, 2.45) is 0 Å². The van der Waals surface area contributed by atoms with Crippen LogP contribution in [0, 0.1) is 0 Å². The Labute approximate surface area is 167 Å². The third kappa shape index (κ3) is 3.50. The molecule has 1 atom stereocenters. The second kappa shape index (κ2) is 7.84. The molecular formula is C22H19ClN3O2+. The summed E-state index contributed by atoms with van der Waals surface area (Å²) in [6.45, 7) is -0.194. The molecule has 0 aliphatic heterocycles. The Morgan fingerprint density at radius 3 is 2.61 bits per heavy atom. The smallest absolute Gasteiger partial charge is 0.351 e. The van der Waals surface area contributed by atoms with Gasteiger partial charge in [-0.15, -0.1) is 0 Å². The average Bonchev–Trinajstić information content (AvgIpc) is 3.12. The SMILES string of the molecule is O=C(N[C@H](CO)c1ccccc1)c1[nH]c(-c2cccc(Cl)c2)c2cccc[n+]12. The van der Waals surface area contributed by atoms with E-state index >= 15 is 0 Å². The number of nitrogens with one attached hydrogen (secondary N) is 2. The summed E-state index contributed by atoms with van der Waals surface area (Å²) in [4.78, 5) is 16.2. The van der Waals surface area contributed by atoms with Gasteiger partial charge in [0.05, 0.1) is 18.8 Å². The Bertz CT molecular complexity index is 1130. The van der Waals surface area contributed by atoms with Gasteiger partial charge in [-0.25, -0.2) is 4.98 Å². The van der Waals surface area contributed by atoms with E-state index in [0.29, 0.717) is 10.8 Å². The molecular weight excluding hydrogens is 374 g/mol. The molecule has 3 N–H and O–H groups in total. The number of aliphatic hydroxyl groups is 1. The van der Waals surface area contributed by atoms with E-state index in [1.54, 1.807) is 4.40 Å². The van der Waals surface area contributed by atoms with Gasteiger partial charge in [0.1, 0.15) is 0 Å². The van der Waals surface area contributed by atoms with Crippen molar-refractivity contribution in [2.45, 2.75) is 6.04 Å². The van der Waals surface area contributed by atoms with Crippen molar-refractivity contribution in [3.63, 3.8) is 0 Å². The summed E-state index contributed by atoms with van der Waals surface area (Å²) in [5.41, 5.74) is 3.38. The van der Waals surface area contributed by atoms with Crippen LogP contribution < -0.4 is 9.72 Å². The van der Waals surface area contributed by atoms with E-state index in [0.717, 1.165) is 22.3 Å². The quantitative estimate of drug-likeness (QED) is 0.455. The van der Waals surface area contributed by atoms with Gasteiger partial charge in [-0.05, 0) is 29.8 Å². The van der Waals surface area contributed by atoms with Gasteiger partial charge >= 0.3 is 11.7 Å². The largest absolute Gasteiger partial charge is 0.394 e. The molecule has 28 heavy (non-hydrogen) atoms. The van der Waals surface area contributed by atoms with Gasteiger partial charge in [0.15, 0.2) is 11.2 Å². The van der Waals surface area contributed by atoms with Gasteiger partial charge in [-0.3, -0.25) is 4.79 Å². The van der Waals surface area contributed by atoms with E-state index < -0.39 is 6.04 Å². The number of hydrogen-bond donors (Lipinski definition) is 3. The van der Waals surface area contributed by atoms with Crippen molar-refractivity contribution in [1.82, 2.24) is 10.3 Å². The molecule has 0 unspecified atom stereocenters. The first kappa shape index (κ1) is 18.2. The monoisotopic (exact) mass is 392 g/mol. The average molecular weight is 393 g/mol. The number of fused-ring (bicyclic) bond motifs is 1. The molecule has 0 saturated heterocycles. The van der Waals surface area contributed by atoms with Crippen LogP contribution in [0.4, 0.5) is 0 Å². The topological polar surface area (TPSA) is 69.2 Å². The number of amides is 1. The van der Waals surface area contributed by atoms with Crippen LogP contribution in [0.25, 0.3) is 16.8 Å². The molecule has 0 saturated carbocycles. The summed E-state index contributed by atoms with van der Waals surface area (Å²) in [7, 11) is 0. The van der Waals surface area contributed by atoms with Crippen LogP contribution in [-0.4, -0.2) is 22.6 Å². The van der Waals surface area contributed by atoms with Crippen LogP contribution >= 0.6 is 11.6 Å². The number of H-pyrrole nitrogens is 1. The van der Waals surface area contributed by atoms with E-state index in [1.165, 1.54) is 0 Å². The normalized spacial score (nSPS) is 12.1. The van der Waals surface area contributed by atoms with Gasteiger partial charge in [-0.1, -0.05) is 60.1 Å². The van der Waals surface area contributed by atoms with E-state index in [1.807, 2.05) is 79.0 Å². The fourth-order valence-corrected chi connectivity index (χ4v) is 3.45. The molecule has 0 spiro atoms. The summed E-state index contributed by atoms with van der Waals surface area (Å²) in [5, 5.41) is 13.3. The van der Waals surface area contributed by atoms with Crippen LogP contribution in [0.2, 0.25) is 5.02 Å². The lowest BCUT2D eigenvalue weighted by molar-refractivity contribution is -0.513. The highest BCUT2D eigenvalue weighted by atomic mass is 35.5. The molecule has 0 bridgehead atoms. The maximum absolute atomic E-state index is 13.0. The lowest BCUT2D eigenvalue weighted by Gasteiger charge is -2.14. The van der Waals surface area contributed by atoms with E-state index in [4.69, 9.17) is 11.6 Å². The summed E-state index contributed by atoms with van der Waals surface area (Å²) in [6.07, 6.45) is 1.82. The second-order valence-electron chi connectivity index (χ2n) is 6.43. The van der Waals surface area contributed by atoms with Gasteiger partial charge in [0, 0.05) is 10.6 Å². The number of imidazole rings is 1. The number of aromatic amines is 1. The van der Waals surface area contributed by atoms with Crippen molar-refractivity contribution in [1.29, 1.82) is 0 Å². The number of carbonyl (C=O) groups is 1. The zero-order valence-electron chi connectivity index (χ0n) is 15.0. The Morgan fingerprint density at radius 2 is 1.86 bits per heavy atom. The zero-order chi connectivity index (χ0) is 19.5. The minimum Gasteiger partial charge on any atom is -0.394 e. The number of rotatable bonds is 5. The molecule has 2 aromatic heterocycles. The predicted molar refractivity (Wildman–Crippen MR) is 108 cm³/mol. The molecule has 140 valence electrons. The first-order valence-corrected chi connectivity index (χ1v) is 9.30. The first-order chi connectivity index (χ1) is 13.7. The highest BCUT2D eigenvalue weighted by molar-refractivity contribution is 6.30. The molecule has 1 amide bonds. The highest BCUT2D eigenvalue weighted by Crippen LogP contribution is 2.24. The summed E-state index contributed by atoms with van der Waals surface area (Å²) < 4.78 is 1.80. The number of carbonyl (C=O) groups excluding carboxylic acids is 1. The summed E-state index contributed by atoms with van der Waals surface area (Å²) in [5.74, 6) is 0.0670. The fourth-order valence-electron chi connectivity index (χ4n) is 3.26. The van der Waals surface area contributed by atoms with E-state index in [9.17, 15) is 9.90 Å². The lowest BCUT2D eigenvalue weighted by Crippen LogP contribution is -2.38. The Kier molecular flexibility index (Phi) is 5.10. The van der Waals surface area contributed by atoms with Crippen molar-refractivity contribution in [2.75, 3.05) is 6.61 Å². The number of pyridine rings is 1. The van der Waals surface area contributed by atoms with Crippen LogP contribution in [0.5, 0.6) is 0 Å².